The summed E-state index contributed by atoms with van der Waals surface area (Å²) in [6.45, 7) is 2.45. The lowest BCUT2D eigenvalue weighted by molar-refractivity contribution is -0.130. The van der Waals surface area contributed by atoms with Crippen molar-refractivity contribution >= 4 is 28.4 Å². The number of rotatable bonds is 4. The molecule has 0 bridgehead atoms. The molecule has 0 unspecified atom stereocenters. The Morgan fingerprint density at radius 2 is 2.04 bits per heavy atom. The highest BCUT2D eigenvalue weighted by Gasteiger charge is 2.25. The molecule has 2 aromatic rings. The minimum absolute atomic E-state index is 0.111. The van der Waals surface area contributed by atoms with Crippen molar-refractivity contribution in [3.05, 3.63) is 40.4 Å². The van der Waals surface area contributed by atoms with Crippen molar-refractivity contribution in [3.63, 3.8) is 0 Å². The normalized spacial score (nSPS) is 14.6. The van der Waals surface area contributed by atoms with E-state index in [1.165, 1.54) is 12.1 Å². The maximum atomic E-state index is 12.7. The van der Waals surface area contributed by atoms with Gasteiger partial charge in [-0.1, -0.05) is 12.1 Å². The zero-order chi connectivity index (χ0) is 18.0. The van der Waals surface area contributed by atoms with Crippen LogP contribution in [0.1, 0.15) is 25.6 Å². The highest BCUT2D eigenvalue weighted by atomic mass is 16.2. The van der Waals surface area contributed by atoms with Crippen LogP contribution >= 0.6 is 0 Å². The number of amides is 2. The first kappa shape index (κ1) is 16.8. The molecular formula is C17H19N5O3. The van der Waals surface area contributed by atoms with Crippen LogP contribution in [0, 0.1) is 0 Å². The Balaban J connectivity index is 1.85. The maximum Gasteiger partial charge on any atom is 0.270 e. The average Bonchev–Trinajstić information content (AvgIpc) is 2.61. The van der Waals surface area contributed by atoms with E-state index in [1.807, 2.05) is 13.0 Å². The molecule has 1 aliphatic heterocycles. The Morgan fingerprint density at radius 1 is 1.28 bits per heavy atom. The van der Waals surface area contributed by atoms with Crippen LogP contribution in [0.25, 0.3) is 10.9 Å². The van der Waals surface area contributed by atoms with Crippen molar-refractivity contribution in [1.82, 2.24) is 19.9 Å². The van der Waals surface area contributed by atoms with Crippen LogP contribution in [-0.2, 0) is 16.1 Å². The monoisotopic (exact) mass is 341 g/mol. The van der Waals surface area contributed by atoms with Crippen LogP contribution in [0.4, 0.5) is 0 Å². The number of hydrogen-bond donors (Lipinski definition) is 1. The van der Waals surface area contributed by atoms with Crippen LogP contribution < -0.4 is 5.56 Å². The summed E-state index contributed by atoms with van der Waals surface area (Å²) in [5.41, 5.74) is 0.696. The zero-order valence-electron chi connectivity index (χ0n) is 14.2. The topological polar surface area (TPSA) is 98.7 Å². The Labute approximate surface area is 144 Å². The van der Waals surface area contributed by atoms with Gasteiger partial charge in [0.2, 0.25) is 5.91 Å². The molecule has 0 saturated heterocycles. The third-order valence-electron chi connectivity index (χ3n) is 4.13. The molecule has 1 N–H and O–H groups in total. The standard InChI is InChI=1S/C17H19N5O3/c1-3-22(17(25)13-8-9-15(23)21(2)20-13)10-14-18-12-7-5-4-6-11(12)16(24)19-14/h4-7H,3,8-10H2,1-2H3,(H,18,19,24). The van der Waals surface area contributed by atoms with Crippen molar-refractivity contribution in [2.24, 2.45) is 5.10 Å². The fourth-order valence-electron chi connectivity index (χ4n) is 2.72. The van der Waals surface area contributed by atoms with E-state index in [9.17, 15) is 14.4 Å². The summed E-state index contributed by atoms with van der Waals surface area (Å²) in [5, 5.41) is 5.76. The molecule has 25 heavy (non-hydrogen) atoms. The zero-order valence-corrected chi connectivity index (χ0v) is 14.2. The first-order chi connectivity index (χ1) is 12.0. The van der Waals surface area contributed by atoms with Crippen molar-refractivity contribution < 1.29 is 9.59 Å². The molecule has 0 fully saturated rings. The van der Waals surface area contributed by atoms with Gasteiger partial charge in [-0.2, -0.15) is 5.10 Å². The second-order valence-electron chi connectivity index (χ2n) is 5.81. The minimum atomic E-state index is -0.252. The number of para-hydroxylation sites is 1. The lowest BCUT2D eigenvalue weighted by atomic mass is 10.1. The van der Waals surface area contributed by atoms with Gasteiger partial charge in [0.15, 0.2) is 0 Å². The number of benzene rings is 1. The summed E-state index contributed by atoms with van der Waals surface area (Å²) in [4.78, 5) is 45.0. The van der Waals surface area contributed by atoms with Gasteiger partial charge in [0, 0.05) is 26.4 Å². The van der Waals surface area contributed by atoms with Crippen molar-refractivity contribution in [2.45, 2.75) is 26.3 Å². The molecule has 3 rings (SSSR count). The predicted molar refractivity (Wildman–Crippen MR) is 92.9 cm³/mol. The summed E-state index contributed by atoms with van der Waals surface area (Å²) < 4.78 is 0. The number of hydrogen-bond acceptors (Lipinski definition) is 5. The Bertz CT molecular complexity index is 918. The molecule has 2 heterocycles. The number of fused-ring (bicyclic) bond motifs is 1. The van der Waals surface area contributed by atoms with E-state index in [0.29, 0.717) is 35.4 Å². The van der Waals surface area contributed by atoms with Crippen LogP contribution in [0.2, 0.25) is 0 Å². The summed E-state index contributed by atoms with van der Waals surface area (Å²) in [6.07, 6.45) is 0.587. The fourth-order valence-corrected chi connectivity index (χ4v) is 2.72. The van der Waals surface area contributed by atoms with Crippen LogP contribution in [-0.4, -0.2) is 51.0 Å². The SMILES string of the molecule is CCN(Cc1nc2ccccc2c(=O)[nH]1)C(=O)C1=NN(C)C(=O)CC1. The van der Waals surface area contributed by atoms with Crippen LogP contribution in [0.3, 0.4) is 0 Å². The molecule has 1 aromatic heterocycles. The quantitative estimate of drug-likeness (QED) is 0.892. The number of nitrogens with one attached hydrogen (secondary N) is 1. The number of nitrogens with zero attached hydrogens (tertiary/aromatic N) is 4. The van der Waals surface area contributed by atoms with E-state index in [0.717, 1.165) is 0 Å². The van der Waals surface area contributed by atoms with E-state index < -0.39 is 0 Å². The molecule has 1 aliphatic rings. The number of carbonyl (C=O) groups excluding carboxylic acids is 2. The smallest absolute Gasteiger partial charge is 0.270 e. The van der Waals surface area contributed by atoms with Gasteiger partial charge in [-0.25, -0.2) is 9.99 Å². The van der Waals surface area contributed by atoms with Gasteiger partial charge in [0.25, 0.3) is 11.5 Å². The van der Waals surface area contributed by atoms with E-state index in [2.05, 4.69) is 15.1 Å². The maximum absolute atomic E-state index is 12.7. The van der Waals surface area contributed by atoms with Gasteiger partial charge in [-0.05, 0) is 19.1 Å². The molecule has 0 atom stereocenters. The van der Waals surface area contributed by atoms with Crippen molar-refractivity contribution in [3.8, 4) is 0 Å². The number of hydrazone groups is 1. The number of aromatic nitrogens is 2. The van der Waals surface area contributed by atoms with E-state index in [1.54, 1.807) is 23.1 Å². The molecule has 0 radical (unpaired) electrons. The van der Waals surface area contributed by atoms with Crippen LogP contribution in [0.15, 0.2) is 34.2 Å². The molecule has 0 saturated carbocycles. The largest absolute Gasteiger partial charge is 0.330 e. The first-order valence-electron chi connectivity index (χ1n) is 8.11. The molecule has 8 nitrogen and oxygen atoms in total. The van der Waals surface area contributed by atoms with Crippen molar-refractivity contribution in [1.29, 1.82) is 0 Å². The molecule has 8 heteroatoms. The third kappa shape index (κ3) is 3.42. The molecule has 0 spiro atoms. The van der Waals surface area contributed by atoms with Gasteiger partial charge in [0.05, 0.1) is 17.4 Å². The summed E-state index contributed by atoms with van der Waals surface area (Å²) in [5.74, 6) is 0.0533. The minimum Gasteiger partial charge on any atom is -0.330 e. The number of H-pyrrole nitrogens is 1. The van der Waals surface area contributed by atoms with Crippen LogP contribution in [0.5, 0.6) is 0 Å². The van der Waals surface area contributed by atoms with Crippen molar-refractivity contribution in [2.75, 3.05) is 13.6 Å². The second-order valence-corrected chi connectivity index (χ2v) is 5.81. The molecule has 1 aromatic carbocycles. The third-order valence-corrected chi connectivity index (χ3v) is 4.13. The van der Waals surface area contributed by atoms with Gasteiger partial charge in [-0.3, -0.25) is 14.4 Å². The Kier molecular flexibility index (Phi) is 4.60. The fraction of sp³-hybridized carbons (Fsp3) is 0.353. The summed E-state index contributed by atoms with van der Waals surface area (Å²) in [7, 11) is 1.54. The van der Waals surface area contributed by atoms with Gasteiger partial charge >= 0.3 is 0 Å². The van der Waals surface area contributed by atoms with Gasteiger partial charge < -0.3 is 9.88 Å². The summed E-state index contributed by atoms with van der Waals surface area (Å²) in [6, 6.07) is 7.06. The molecule has 0 aliphatic carbocycles. The van der Waals surface area contributed by atoms with Gasteiger partial charge in [-0.15, -0.1) is 0 Å². The molecule has 130 valence electrons. The predicted octanol–water partition coefficient (Wildman–Crippen LogP) is 0.880. The number of aromatic amines is 1. The molecular weight excluding hydrogens is 322 g/mol. The highest BCUT2D eigenvalue weighted by Crippen LogP contribution is 2.11. The van der Waals surface area contributed by atoms with E-state index in [-0.39, 0.29) is 30.3 Å². The number of carbonyl (C=O) groups is 2. The highest BCUT2D eigenvalue weighted by molar-refractivity contribution is 6.39. The second kappa shape index (κ2) is 6.84. The lowest BCUT2D eigenvalue weighted by Gasteiger charge is -2.24. The Morgan fingerprint density at radius 3 is 2.76 bits per heavy atom. The molecule has 2 amide bonds. The lowest BCUT2D eigenvalue weighted by Crippen LogP contribution is -2.40. The van der Waals surface area contributed by atoms with E-state index in [4.69, 9.17) is 0 Å². The Hall–Kier alpha value is -3.03. The summed E-state index contributed by atoms with van der Waals surface area (Å²) >= 11 is 0. The van der Waals surface area contributed by atoms with Gasteiger partial charge in [0.1, 0.15) is 11.5 Å². The average molecular weight is 341 g/mol. The van der Waals surface area contributed by atoms with E-state index >= 15 is 0 Å². The first-order valence-corrected chi connectivity index (χ1v) is 8.11.